The number of benzene rings is 3. The zero-order valence-electron chi connectivity index (χ0n) is 17.2. The largest absolute Gasteiger partial charge is 0.385 e. The second-order valence-electron chi connectivity index (χ2n) is 7.20. The highest BCUT2D eigenvalue weighted by Gasteiger charge is 2.15. The minimum Gasteiger partial charge on any atom is -0.385 e. The molecule has 32 heavy (non-hydrogen) atoms. The van der Waals surface area contributed by atoms with Crippen LogP contribution in [0.4, 0.5) is 11.4 Å². The molecule has 0 aliphatic rings. The predicted molar refractivity (Wildman–Crippen MR) is 133 cm³/mol. The topological polar surface area (TPSA) is 54.0 Å². The van der Waals surface area contributed by atoms with E-state index in [9.17, 15) is 4.79 Å². The van der Waals surface area contributed by atoms with Crippen LogP contribution in [-0.2, 0) is 6.42 Å². The Bertz CT molecular complexity index is 1210. The molecule has 0 radical (unpaired) electrons. The monoisotopic (exact) mass is 461 g/mol. The molecule has 0 unspecified atom stereocenters. The minimum atomic E-state index is -0.206. The Morgan fingerprint density at radius 3 is 2.31 bits per heavy atom. The van der Waals surface area contributed by atoms with Gasteiger partial charge in [0.25, 0.3) is 5.91 Å². The van der Waals surface area contributed by atoms with Gasteiger partial charge in [-0.05, 0) is 60.2 Å². The molecule has 1 heterocycles. The van der Waals surface area contributed by atoms with Crippen LogP contribution in [0.5, 0.6) is 0 Å². The van der Waals surface area contributed by atoms with E-state index in [0.29, 0.717) is 21.3 Å². The van der Waals surface area contributed by atoms with Crippen molar-refractivity contribution in [2.45, 2.75) is 6.42 Å². The quantitative estimate of drug-likeness (QED) is 0.312. The highest BCUT2D eigenvalue weighted by Crippen LogP contribution is 2.33. The van der Waals surface area contributed by atoms with Crippen LogP contribution in [0.15, 0.2) is 91.1 Å². The van der Waals surface area contributed by atoms with Gasteiger partial charge in [-0.3, -0.25) is 9.78 Å². The van der Waals surface area contributed by atoms with E-state index in [1.165, 1.54) is 0 Å². The van der Waals surface area contributed by atoms with Crippen molar-refractivity contribution in [2.24, 2.45) is 0 Å². The lowest BCUT2D eigenvalue weighted by Crippen LogP contribution is -2.13. The number of amides is 1. The van der Waals surface area contributed by atoms with E-state index < -0.39 is 0 Å². The molecule has 0 aliphatic heterocycles. The Labute approximate surface area is 197 Å². The number of aromatic nitrogens is 1. The number of pyridine rings is 1. The Morgan fingerprint density at radius 1 is 0.812 bits per heavy atom. The lowest BCUT2D eigenvalue weighted by molar-refractivity contribution is 0.102. The molecule has 0 aliphatic carbocycles. The van der Waals surface area contributed by atoms with Gasteiger partial charge >= 0.3 is 0 Å². The first-order valence-electron chi connectivity index (χ1n) is 10.2. The number of anilines is 2. The van der Waals surface area contributed by atoms with Crippen LogP contribution in [0.3, 0.4) is 0 Å². The molecule has 0 saturated carbocycles. The van der Waals surface area contributed by atoms with Gasteiger partial charge in [0.2, 0.25) is 0 Å². The number of halogens is 2. The molecule has 4 rings (SSSR count). The van der Waals surface area contributed by atoms with Crippen LogP contribution in [0.2, 0.25) is 10.0 Å². The molecule has 2 N–H and O–H groups in total. The fourth-order valence-corrected chi connectivity index (χ4v) is 3.88. The molecule has 1 amide bonds. The zero-order valence-corrected chi connectivity index (χ0v) is 18.7. The van der Waals surface area contributed by atoms with Gasteiger partial charge in [-0.25, -0.2) is 0 Å². The molecular weight excluding hydrogens is 441 g/mol. The normalized spacial score (nSPS) is 10.6. The summed E-state index contributed by atoms with van der Waals surface area (Å²) in [4.78, 5) is 17.3. The molecule has 0 bridgehead atoms. The van der Waals surface area contributed by atoms with E-state index in [4.69, 9.17) is 23.2 Å². The van der Waals surface area contributed by atoms with Crippen LogP contribution in [0.25, 0.3) is 11.1 Å². The van der Waals surface area contributed by atoms with Crippen molar-refractivity contribution in [3.8, 4) is 11.1 Å². The number of hydrogen-bond acceptors (Lipinski definition) is 3. The molecule has 0 fully saturated rings. The van der Waals surface area contributed by atoms with Crippen molar-refractivity contribution in [1.29, 1.82) is 0 Å². The minimum absolute atomic E-state index is 0.206. The molecule has 4 nitrogen and oxygen atoms in total. The lowest BCUT2D eigenvalue weighted by atomic mass is 9.99. The number of nitrogens with zero attached hydrogens (tertiary/aromatic N) is 1. The average Bonchev–Trinajstić information content (AvgIpc) is 2.81. The Morgan fingerprint density at radius 2 is 1.56 bits per heavy atom. The fraction of sp³-hybridized carbons (Fsp3) is 0.0769. The standard InChI is InChI=1S/C26H21Cl2N3O/c27-18-8-13-23(25(28)17-18)22-6-1-2-7-24(22)26(32)31-21-11-9-20(10-12-21)30-16-14-19-5-3-4-15-29-19/h1-13,15,17,30H,14,16H2,(H,31,32). The molecule has 1 aromatic heterocycles. The van der Waals surface area contributed by atoms with E-state index in [-0.39, 0.29) is 5.91 Å². The van der Waals surface area contributed by atoms with E-state index in [2.05, 4.69) is 15.6 Å². The van der Waals surface area contributed by atoms with Crippen LogP contribution < -0.4 is 10.6 Å². The number of carbonyl (C=O) groups excluding carboxylic acids is 1. The van der Waals surface area contributed by atoms with Crippen molar-refractivity contribution >= 4 is 40.5 Å². The van der Waals surface area contributed by atoms with Gasteiger partial charge in [0.1, 0.15) is 0 Å². The maximum absolute atomic E-state index is 13.0. The second-order valence-corrected chi connectivity index (χ2v) is 8.04. The maximum Gasteiger partial charge on any atom is 0.256 e. The third-order valence-electron chi connectivity index (χ3n) is 4.97. The third kappa shape index (κ3) is 5.47. The highest BCUT2D eigenvalue weighted by atomic mass is 35.5. The first-order chi connectivity index (χ1) is 15.6. The summed E-state index contributed by atoms with van der Waals surface area (Å²) in [6.07, 6.45) is 2.63. The second kappa shape index (κ2) is 10.3. The van der Waals surface area contributed by atoms with Crippen molar-refractivity contribution in [3.63, 3.8) is 0 Å². The lowest BCUT2D eigenvalue weighted by Gasteiger charge is -2.12. The van der Waals surface area contributed by atoms with Gasteiger partial charge in [0, 0.05) is 57.4 Å². The van der Waals surface area contributed by atoms with E-state index >= 15 is 0 Å². The van der Waals surface area contributed by atoms with E-state index in [1.54, 1.807) is 24.4 Å². The van der Waals surface area contributed by atoms with Crippen LogP contribution in [0.1, 0.15) is 16.1 Å². The smallest absolute Gasteiger partial charge is 0.256 e. The fourth-order valence-electron chi connectivity index (χ4n) is 3.37. The van der Waals surface area contributed by atoms with Gasteiger partial charge in [-0.15, -0.1) is 0 Å². The Hall–Kier alpha value is -3.34. The molecule has 4 aromatic rings. The number of rotatable bonds is 7. The first-order valence-corrected chi connectivity index (χ1v) is 11.0. The van der Waals surface area contributed by atoms with Gasteiger partial charge in [-0.2, -0.15) is 0 Å². The number of nitrogens with one attached hydrogen (secondary N) is 2. The molecule has 6 heteroatoms. The average molecular weight is 462 g/mol. The molecule has 3 aromatic carbocycles. The van der Waals surface area contributed by atoms with Crippen LogP contribution in [-0.4, -0.2) is 17.4 Å². The third-order valence-corrected chi connectivity index (χ3v) is 5.52. The van der Waals surface area contributed by atoms with Crippen molar-refractivity contribution < 1.29 is 4.79 Å². The van der Waals surface area contributed by atoms with Gasteiger partial charge in [0.05, 0.1) is 0 Å². The van der Waals surface area contributed by atoms with Crippen molar-refractivity contribution in [2.75, 3.05) is 17.2 Å². The molecule has 0 atom stereocenters. The molecule has 0 spiro atoms. The van der Waals surface area contributed by atoms with Gasteiger partial charge in [0.15, 0.2) is 0 Å². The summed E-state index contributed by atoms with van der Waals surface area (Å²) in [5.74, 6) is -0.206. The number of carbonyl (C=O) groups is 1. The van der Waals surface area contributed by atoms with Gasteiger partial charge in [-0.1, -0.05) is 53.5 Å². The molecular formula is C26H21Cl2N3O. The SMILES string of the molecule is O=C(Nc1ccc(NCCc2ccccn2)cc1)c1ccccc1-c1ccc(Cl)cc1Cl. The number of hydrogen-bond donors (Lipinski definition) is 2. The summed E-state index contributed by atoms with van der Waals surface area (Å²) in [6.45, 7) is 0.776. The Balaban J connectivity index is 1.42. The summed E-state index contributed by atoms with van der Waals surface area (Å²) >= 11 is 12.4. The maximum atomic E-state index is 13.0. The van der Waals surface area contributed by atoms with Crippen molar-refractivity contribution in [3.05, 3.63) is 112 Å². The van der Waals surface area contributed by atoms with Crippen LogP contribution in [0, 0.1) is 0 Å². The Kier molecular flexibility index (Phi) is 7.05. The first kappa shape index (κ1) is 21.9. The zero-order chi connectivity index (χ0) is 22.3. The van der Waals surface area contributed by atoms with E-state index in [1.807, 2.05) is 66.7 Å². The summed E-state index contributed by atoms with van der Waals surface area (Å²) in [5.41, 5.74) is 4.78. The summed E-state index contributed by atoms with van der Waals surface area (Å²) in [5, 5.41) is 7.38. The summed E-state index contributed by atoms with van der Waals surface area (Å²) in [7, 11) is 0. The highest BCUT2D eigenvalue weighted by molar-refractivity contribution is 6.36. The van der Waals surface area contributed by atoms with Gasteiger partial charge < -0.3 is 10.6 Å². The molecule has 160 valence electrons. The molecule has 0 saturated heterocycles. The van der Waals surface area contributed by atoms with Crippen molar-refractivity contribution in [1.82, 2.24) is 4.98 Å². The summed E-state index contributed by atoms with van der Waals surface area (Å²) in [6, 6.07) is 26.2. The predicted octanol–water partition coefficient (Wildman–Crippen LogP) is 6.96. The summed E-state index contributed by atoms with van der Waals surface area (Å²) < 4.78 is 0. The van der Waals surface area contributed by atoms with E-state index in [0.717, 1.165) is 35.5 Å². The van der Waals surface area contributed by atoms with Crippen LogP contribution >= 0.6 is 23.2 Å².